The van der Waals surface area contributed by atoms with Crippen LogP contribution in [0.25, 0.3) is 16.9 Å². The Morgan fingerprint density at radius 2 is 1.74 bits per heavy atom. The van der Waals surface area contributed by atoms with Crippen LogP contribution in [0.5, 0.6) is 5.75 Å². The summed E-state index contributed by atoms with van der Waals surface area (Å²) >= 11 is 0. The lowest BCUT2D eigenvalue weighted by atomic mass is 10.1. The van der Waals surface area contributed by atoms with Crippen molar-refractivity contribution < 1.29 is 9.53 Å². The van der Waals surface area contributed by atoms with Crippen molar-refractivity contribution in [2.45, 2.75) is 40.7 Å². The number of nitrogens with two attached hydrogens (primary N) is 1. The van der Waals surface area contributed by atoms with Crippen LogP contribution in [0.3, 0.4) is 0 Å². The quantitative estimate of drug-likeness (QED) is 0.503. The topological polar surface area (TPSA) is 112 Å². The molecule has 4 heterocycles. The van der Waals surface area contributed by atoms with Gasteiger partial charge in [-0.15, -0.1) is 0 Å². The lowest BCUT2D eigenvalue weighted by Crippen LogP contribution is -2.37. The fourth-order valence-corrected chi connectivity index (χ4v) is 4.65. The van der Waals surface area contributed by atoms with E-state index in [0.29, 0.717) is 42.1 Å². The molecule has 1 aromatic carbocycles. The van der Waals surface area contributed by atoms with Gasteiger partial charge in [0.2, 0.25) is 0 Å². The van der Waals surface area contributed by atoms with Crippen LogP contribution in [-0.4, -0.2) is 49.0 Å². The first kappa shape index (κ1) is 21.8. The van der Waals surface area contributed by atoms with Crippen LogP contribution in [-0.2, 0) is 13.0 Å². The van der Waals surface area contributed by atoms with Gasteiger partial charge >= 0.3 is 0 Å². The van der Waals surface area contributed by atoms with E-state index in [1.165, 1.54) is 0 Å². The van der Waals surface area contributed by atoms with Crippen molar-refractivity contribution in [3.8, 4) is 11.4 Å². The SMILES string of the molecule is COc1ccc(C)c(-n2c(N)c(C(=O)N3CCc4nccnc4C3)c3nc(C)c(C)nc32)c1C. The van der Waals surface area contributed by atoms with Gasteiger partial charge in [0.25, 0.3) is 5.91 Å². The number of benzene rings is 1. The Labute approximate surface area is 197 Å². The van der Waals surface area contributed by atoms with Crippen LogP contribution in [0.2, 0.25) is 0 Å². The highest BCUT2D eigenvalue weighted by Crippen LogP contribution is 2.36. The number of aryl methyl sites for hydroxylation is 3. The zero-order chi connectivity index (χ0) is 24.1. The number of anilines is 1. The highest BCUT2D eigenvalue weighted by molar-refractivity contribution is 6.10. The van der Waals surface area contributed by atoms with E-state index in [9.17, 15) is 4.79 Å². The van der Waals surface area contributed by atoms with Crippen molar-refractivity contribution in [2.24, 2.45) is 0 Å². The average Bonchev–Trinajstić information content (AvgIpc) is 3.09. The van der Waals surface area contributed by atoms with E-state index < -0.39 is 0 Å². The average molecular weight is 458 g/mol. The highest BCUT2D eigenvalue weighted by Gasteiger charge is 2.31. The van der Waals surface area contributed by atoms with Gasteiger partial charge in [0.05, 0.1) is 42.1 Å². The van der Waals surface area contributed by atoms with E-state index in [0.717, 1.165) is 45.3 Å². The van der Waals surface area contributed by atoms with E-state index in [1.54, 1.807) is 24.4 Å². The van der Waals surface area contributed by atoms with Crippen molar-refractivity contribution in [3.05, 3.63) is 64.0 Å². The van der Waals surface area contributed by atoms with Gasteiger partial charge in [-0.3, -0.25) is 19.3 Å². The molecule has 0 aliphatic carbocycles. The van der Waals surface area contributed by atoms with Crippen LogP contribution in [0.1, 0.15) is 44.3 Å². The lowest BCUT2D eigenvalue weighted by Gasteiger charge is -2.27. The number of carbonyl (C=O) groups is 1. The largest absolute Gasteiger partial charge is 0.496 e. The van der Waals surface area contributed by atoms with Gasteiger partial charge in [-0.2, -0.15) is 0 Å². The first-order chi connectivity index (χ1) is 16.3. The summed E-state index contributed by atoms with van der Waals surface area (Å²) in [5.41, 5.74) is 14.2. The predicted molar refractivity (Wildman–Crippen MR) is 129 cm³/mol. The third-order valence-electron chi connectivity index (χ3n) is 6.58. The van der Waals surface area contributed by atoms with Gasteiger partial charge in [0, 0.05) is 30.9 Å². The molecule has 34 heavy (non-hydrogen) atoms. The van der Waals surface area contributed by atoms with Gasteiger partial charge < -0.3 is 15.4 Å². The number of fused-ring (bicyclic) bond motifs is 2. The third kappa shape index (κ3) is 3.27. The molecule has 0 bridgehead atoms. The normalized spacial score (nSPS) is 13.3. The Morgan fingerprint density at radius 3 is 2.47 bits per heavy atom. The summed E-state index contributed by atoms with van der Waals surface area (Å²) in [5.74, 6) is 0.862. The molecule has 0 radical (unpaired) electrons. The van der Waals surface area contributed by atoms with Crippen LogP contribution >= 0.6 is 0 Å². The minimum atomic E-state index is -0.187. The summed E-state index contributed by atoms with van der Waals surface area (Å²) < 4.78 is 7.40. The van der Waals surface area contributed by atoms with Crippen LogP contribution in [0.4, 0.5) is 5.82 Å². The summed E-state index contributed by atoms with van der Waals surface area (Å²) in [6, 6.07) is 3.90. The molecule has 1 amide bonds. The highest BCUT2D eigenvalue weighted by atomic mass is 16.5. The summed E-state index contributed by atoms with van der Waals surface area (Å²) in [7, 11) is 1.64. The number of ether oxygens (including phenoxy) is 1. The first-order valence-corrected chi connectivity index (χ1v) is 11.2. The molecule has 5 rings (SSSR count). The lowest BCUT2D eigenvalue weighted by molar-refractivity contribution is 0.0733. The Balaban J connectivity index is 1.73. The Kier molecular flexibility index (Phi) is 5.19. The van der Waals surface area contributed by atoms with Gasteiger partial charge in [-0.05, 0) is 39.3 Å². The Morgan fingerprint density at radius 1 is 1.03 bits per heavy atom. The predicted octanol–water partition coefficient (Wildman–Crippen LogP) is 3.23. The molecule has 174 valence electrons. The third-order valence-corrected chi connectivity index (χ3v) is 6.58. The molecular formula is C25H27N7O2. The van der Waals surface area contributed by atoms with Crippen molar-refractivity contribution >= 4 is 22.9 Å². The van der Waals surface area contributed by atoms with Gasteiger partial charge in [-0.25, -0.2) is 9.97 Å². The second-order valence-electron chi connectivity index (χ2n) is 8.65. The smallest absolute Gasteiger partial charge is 0.260 e. The standard InChI is InChI=1S/C25H27N7O2/c1-13-6-7-19(34-5)14(2)22(13)32-23(26)20(21-24(32)30-16(4)15(3)29-21)25(33)31-11-8-17-18(12-31)28-10-9-27-17/h6-7,9-10H,8,11-12,26H2,1-5H3. The zero-order valence-electron chi connectivity index (χ0n) is 20.0. The second kappa shape index (κ2) is 8.09. The first-order valence-electron chi connectivity index (χ1n) is 11.2. The summed E-state index contributed by atoms with van der Waals surface area (Å²) in [5, 5.41) is 0. The zero-order valence-corrected chi connectivity index (χ0v) is 20.0. The van der Waals surface area contributed by atoms with Crippen LogP contribution < -0.4 is 10.5 Å². The molecule has 2 N–H and O–H groups in total. The molecule has 0 unspecified atom stereocenters. The fraction of sp³-hybridized carbons (Fsp3) is 0.320. The van der Waals surface area contributed by atoms with Gasteiger partial charge in [0.1, 0.15) is 22.6 Å². The number of nitrogens with zero attached hydrogens (tertiary/aromatic N) is 6. The number of hydrogen-bond donors (Lipinski definition) is 1. The van der Waals surface area contributed by atoms with E-state index in [2.05, 4.69) is 9.97 Å². The second-order valence-corrected chi connectivity index (χ2v) is 8.65. The minimum Gasteiger partial charge on any atom is -0.496 e. The van der Waals surface area contributed by atoms with E-state index >= 15 is 0 Å². The molecule has 9 heteroatoms. The van der Waals surface area contributed by atoms with Crippen molar-refractivity contribution in [2.75, 3.05) is 19.4 Å². The number of amides is 1. The monoisotopic (exact) mass is 457 g/mol. The summed E-state index contributed by atoms with van der Waals surface area (Å²) in [6.07, 6.45) is 3.98. The molecule has 0 atom stereocenters. The molecule has 0 saturated carbocycles. The molecule has 1 aliphatic heterocycles. The minimum absolute atomic E-state index is 0.187. The number of nitrogen functional groups attached to an aromatic ring is 1. The molecule has 0 saturated heterocycles. The van der Waals surface area contributed by atoms with Gasteiger partial charge in [-0.1, -0.05) is 6.07 Å². The summed E-state index contributed by atoms with van der Waals surface area (Å²) in [6.45, 7) is 8.68. The molecule has 3 aromatic heterocycles. The summed E-state index contributed by atoms with van der Waals surface area (Å²) in [4.78, 5) is 34.0. The van der Waals surface area contributed by atoms with E-state index in [-0.39, 0.29) is 5.91 Å². The maximum absolute atomic E-state index is 13.9. The molecule has 0 fully saturated rings. The molecule has 0 spiro atoms. The number of aromatic nitrogens is 5. The maximum atomic E-state index is 13.9. The number of rotatable bonds is 3. The fourth-order valence-electron chi connectivity index (χ4n) is 4.65. The van der Waals surface area contributed by atoms with Gasteiger partial charge in [0.15, 0.2) is 5.65 Å². The number of hydrogen-bond acceptors (Lipinski definition) is 7. The number of carbonyl (C=O) groups excluding carboxylic acids is 1. The van der Waals surface area contributed by atoms with Crippen molar-refractivity contribution in [1.82, 2.24) is 29.4 Å². The number of methoxy groups -OCH3 is 1. The van der Waals surface area contributed by atoms with Crippen LogP contribution in [0.15, 0.2) is 24.5 Å². The van der Waals surface area contributed by atoms with Crippen molar-refractivity contribution in [3.63, 3.8) is 0 Å². The molecular weight excluding hydrogens is 430 g/mol. The van der Waals surface area contributed by atoms with E-state index in [4.69, 9.17) is 20.4 Å². The molecule has 9 nitrogen and oxygen atoms in total. The Bertz CT molecular complexity index is 1460. The Hall–Kier alpha value is -4.01. The molecule has 4 aromatic rings. The maximum Gasteiger partial charge on any atom is 0.260 e. The van der Waals surface area contributed by atoms with Crippen molar-refractivity contribution in [1.29, 1.82) is 0 Å². The van der Waals surface area contributed by atoms with Crippen LogP contribution in [0, 0.1) is 27.7 Å². The van der Waals surface area contributed by atoms with E-state index in [1.807, 2.05) is 44.4 Å². The molecule has 1 aliphatic rings.